The zero-order valence-electron chi connectivity index (χ0n) is 11.7. The zero-order valence-corrected chi connectivity index (χ0v) is 12.5. The van der Waals surface area contributed by atoms with Crippen molar-refractivity contribution in [2.24, 2.45) is 10.7 Å². The number of nitrogens with two attached hydrogens (primary N) is 1. The van der Waals surface area contributed by atoms with E-state index in [9.17, 15) is 4.79 Å². The van der Waals surface area contributed by atoms with Crippen molar-refractivity contribution < 1.29 is 9.53 Å². The molecule has 0 aliphatic heterocycles. The molecule has 1 aromatic rings. The normalized spacial score (nSPS) is 16.4. The second kappa shape index (κ2) is 7.33. The van der Waals surface area contributed by atoms with Crippen LogP contribution in [0, 0.1) is 0 Å². The molecule has 20 heavy (non-hydrogen) atoms. The fraction of sp³-hybridized carbons (Fsp3) is 0.467. The Kier molecular flexibility index (Phi) is 5.47. The number of aliphatic imine (C=N–C) groups is 1. The number of hydrogen-bond acceptors (Lipinski definition) is 4. The van der Waals surface area contributed by atoms with E-state index in [1.54, 1.807) is 6.07 Å². The predicted octanol–water partition coefficient (Wildman–Crippen LogP) is 2.96. The average molecular weight is 292 g/mol. The summed E-state index contributed by atoms with van der Waals surface area (Å²) < 4.78 is 4.71. The largest absolute Gasteiger partial charge is 0.465 e. The lowest BCUT2D eigenvalue weighted by Crippen LogP contribution is -2.11. The average Bonchev–Trinajstić information content (AvgIpc) is 2.97. The first-order chi connectivity index (χ1) is 9.69. The number of hydrogen-bond donors (Lipinski definition) is 1. The molecule has 0 bridgehead atoms. The number of thioether (sulfide) groups is 1. The molecule has 1 aliphatic carbocycles. The van der Waals surface area contributed by atoms with E-state index in [1.165, 1.54) is 31.7 Å². The van der Waals surface area contributed by atoms with Gasteiger partial charge in [0.2, 0.25) is 0 Å². The van der Waals surface area contributed by atoms with E-state index in [0.717, 1.165) is 18.4 Å². The molecule has 0 unspecified atom stereocenters. The van der Waals surface area contributed by atoms with Crippen LogP contribution in [0.2, 0.25) is 0 Å². The topological polar surface area (TPSA) is 64.7 Å². The molecule has 0 radical (unpaired) electrons. The lowest BCUT2D eigenvalue weighted by Gasteiger charge is -2.06. The Morgan fingerprint density at radius 1 is 1.45 bits per heavy atom. The van der Waals surface area contributed by atoms with Gasteiger partial charge in [-0.05, 0) is 30.5 Å². The van der Waals surface area contributed by atoms with Gasteiger partial charge in [-0.15, -0.1) is 0 Å². The van der Waals surface area contributed by atoms with Gasteiger partial charge in [-0.2, -0.15) is 0 Å². The summed E-state index contributed by atoms with van der Waals surface area (Å²) in [5.74, 6) is 0.400. The molecule has 0 amide bonds. The smallest absolute Gasteiger partial charge is 0.337 e. The molecule has 1 saturated carbocycles. The van der Waals surface area contributed by atoms with Crippen LogP contribution in [0.3, 0.4) is 0 Å². The van der Waals surface area contributed by atoms with Gasteiger partial charge in [0.05, 0.1) is 18.7 Å². The number of esters is 1. The minimum atomic E-state index is -0.315. The molecule has 1 aromatic carbocycles. The first-order valence-electron chi connectivity index (χ1n) is 6.82. The van der Waals surface area contributed by atoms with Crippen molar-refractivity contribution in [3.8, 4) is 0 Å². The Bertz CT molecular complexity index is 496. The van der Waals surface area contributed by atoms with E-state index >= 15 is 0 Å². The number of ether oxygens (including phenoxy) is 1. The lowest BCUT2D eigenvalue weighted by molar-refractivity contribution is 0.0600. The Balaban J connectivity index is 1.91. The van der Waals surface area contributed by atoms with Crippen molar-refractivity contribution in [1.29, 1.82) is 0 Å². The van der Waals surface area contributed by atoms with Gasteiger partial charge in [0.1, 0.15) is 0 Å². The van der Waals surface area contributed by atoms with Crippen LogP contribution in [0.5, 0.6) is 0 Å². The van der Waals surface area contributed by atoms with Crippen molar-refractivity contribution in [1.82, 2.24) is 0 Å². The minimum Gasteiger partial charge on any atom is -0.465 e. The summed E-state index contributed by atoms with van der Waals surface area (Å²) >= 11 is 1.52. The van der Waals surface area contributed by atoms with Crippen LogP contribution in [0.4, 0.5) is 0 Å². The molecule has 108 valence electrons. The highest BCUT2D eigenvalue weighted by molar-refractivity contribution is 8.13. The third-order valence-corrected chi connectivity index (χ3v) is 4.25. The molecule has 2 rings (SSSR count). The van der Waals surface area contributed by atoms with E-state index in [0.29, 0.717) is 22.5 Å². The van der Waals surface area contributed by atoms with Crippen LogP contribution >= 0.6 is 11.8 Å². The second-order valence-electron chi connectivity index (χ2n) is 4.89. The monoisotopic (exact) mass is 292 g/mol. The van der Waals surface area contributed by atoms with Gasteiger partial charge in [-0.1, -0.05) is 36.7 Å². The number of carbonyl (C=O) groups is 1. The van der Waals surface area contributed by atoms with E-state index in [-0.39, 0.29) is 5.97 Å². The maximum atomic E-state index is 11.5. The molecule has 1 fully saturated rings. The number of benzene rings is 1. The summed E-state index contributed by atoms with van der Waals surface area (Å²) in [7, 11) is 1.38. The second-order valence-corrected chi connectivity index (χ2v) is 5.88. The van der Waals surface area contributed by atoms with Crippen LogP contribution in [-0.4, -0.2) is 24.3 Å². The molecule has 2 N–H and O–H groups in total. The lowest BCUT2D eigenvalue weighted by atomic mass is 10.1. The molecule has 0 aromatic heterocycles. The molecule has 0 spiro atoms. The summed E-state index contributed by atoms with van der Waals surface area (Å²) in [6, 6.07) is 7.82. The third-order valence-electron chi connectivity index (χ3n) is 3.37. The first-order valence-corrected chi connectivity index (χ1v) is 7.81. The van der Waals surface area contributed by atoms with E-state index < -0.39 is 0 Å². The Labute approximate surface area is 123 Å². The van der Waals surface area contributed by atoms with Crippen LogP contribution in [-0.2, 0) is 10.5 Å². The SMILES string of the molecule is COC(=O)c1cccc(CSC(N)=NC2CCCC2)c1. The maximum Gasteiger partial charge on any atom is 0.337 e. The standard InChI is InChI=1S/C15H20N2O2S/c1-19-14(18)12-6-4-5-11(9-12)10-20-15(16)17-13-7-2-3-8-13/h4-6,9,13H,2-3,7-8,10H2,1H3,(H2,16,17). The third kappa shape index (κ3) is 4.27. The van der Waals surface area contributed by atoms with Gasteiger partial charge in [0, 0.05) is 5.75 Å². The molecule has 0 atom stereocenters. The number of nitrogens with zero attached hydrogens (tertiary/aromatic N) is 1. The highest BCUT2D eigenvalue weighted by atomic mass is 32.2. The predicted molar refractivity (Wildman–Crippen MR) is 83.0 cm³/mol. The Morgan fingerprint density at radius 3 is 2.90 bits per heavy atom. The van der Waals surface area contributed by atoms with E-state index in [2.05, 4.69) is 4.99 Å². The molecule has 0 saturated heterocycles. The molecular formula is C15H20N2O2S. The first kappa shape index (κ1) is 14.9. The fourth-order valence-corrected chi connectivity index (χ4v) is 3.03. The van der Waals surface area contributed by atoms with Crippen LogP contribution in [0.15, 0.2) is 29.3 Å². The van der Waals surface area contributed by atoms with Crippen LogP contribution in [0.1, 0.15) is 41.6 Å². The summed E-state index contributed by atoms with van der Waals surface area (Å²) in [5.41, 5.74) is 7.56. The Hall–Kier alpha value is -1.49. The van der Waals surface area contributed by atoms with Crippen molar-refractivity contribution >= 4 is 22.9 Å². The van der Waals surface area contributed by atoms with E-state index in [1.807, 2.05) is 18.2 Å². The summed E-state index contributed by atoms with van der Waals surface area (Å²) in [6.45, 7) is 0. The van der Waals surface area contributed by atoms with Crippen molar-refractivity contribution in [3.63, 3.8) is 0 Å². The number of rotatable bonds is 4. The molecule has 0 heterocycles. The zero-order chi connectivity index (χ0) is 14.4. The number of methoxy groups -OCH3 is 1. The van der Waals surface area contributed by atoms with Crippen molar-refractivity contribution in [3.05, 3.63) is 35.4 Å². The van der Waals surface area contributed by atoms with E-state index in [4.69, 9.17) is 10.5 Å². The molecule has 1 aliphatic rings. The highest BCUT2D eigenvalue weighted by Gasteiger charge is 2.14. The van der Waals surface area contributed by atoms with Gasteiger partial charge in [0.25, 0.3) is 0 Å². The number of amidine groups is 1. The van der Waals surface area contributed by atoms with Gasteiger partial charge < -0.3 is 10.5 Å². The van der Waals surface area contributed by atoms with Crippen LogP contribution < -0.4 is 5.73 Å². The van der Waals surface area contributed by atoms with Gasteiger partial charge in [0.15, 0.2) is 5.17 Å². The summed E-state index contributed by atoms with van der Waals surface area (Å²) in [5, 5.41) is 0.639. The van der Waals surface area contributed by atoms with Gasteiger partial charge in [-0.25, -0.2) is 4.79 Å². The summed E-state index contributed by atoms with van der Waals surface area (Å²) in [4.78, 5) is 16.0. The number of carbonyl (C=O) groups excluding carboxylic acids is 1. The Morgan fingerprint density at radius 2 is 2.20 bits per heavy atom. The molecular weight excluding hydrogens is 272 g/mol. The fourth-order valence-electron chi connectivity index (χ4n) is 2.31. The quantitative estimate of drug-likeness (QED) is 0.526. The van der Waals surface area contributed by atoms with Gasteiger partial charge >= 0.3 is 5.97 Å². The van der Waals surface area contributed by atoms with Gasteiger partial charge in [-0.3, -0.25) is 4.99 Å². The van der Waals surface area contributed by atoms with Crippen molar-refractivity contribution in [2.75, 3.05) is 7.11 Å². The van der Waals surface area contributed by atoms with Crippen LogP contribution in [0.25, 0.3) is 0 Å². The van der Waals surface area contributed by atoms with Crippen molar-refractivity contribution in [2.45, 2.75) is 37.5 Å². The molecule has 5 heteroatoms. The summed E-state index contributed by atoms with van der Waals surface area (Å²) in [6.07, 6.45) is 4.82. The maximum absolute atomic E-state index is 11.5. The highest BCUT2D eigenvalue weighted by Crippen LogP contribution is 2.22. The molecule has 4 nitrogen and oxygen atoms in total. The minimum absolute atomic E-state index is 0.315.